The van der Waals surface area contributed by atoms with Gasteiger partial charge in [0.25, 0.3) is 0 Å². The van der Waals surface area contributed by atoms with Gasteiger partial charge in [-0.1, -0.05) is 38.0 Å². The third-order valence-corrected chi connectivity index (χ3v) is 7.65. The molecule has 1 fully saturated rings. The fraction of sp³-hybridized carbons (Fsp3) is 0.636. The Labute approximate surface area is 190 Å². The Balaban J connectivity index is 1.94. The van der Waals surface area contributed by atoms with Gasteiger partial charge in [0.2, 0.25) is 21.8 Å². The SMILES string of the molecule is CCCCCNC(=O)C1CCN(C(=O)C(CCSC)NS(=O)(=O)c2ccccc2)CC1. The van der Waals surface area contributed by atoms with E-state index in [-0.39, 0.29) is 22.6 Å². The summed E-state index contributed by atoms with van der Waals surface area (Å²) < 4.78 is 28.1. The van der Waals surface area contributed by atoms with Crippen LogP contribution in [0.2, 0.25) is 0 Å². The maximum atomic E-state index is 13.1. The Hall–Kier alpha value is -1.58. The predicted molar refractivity (Wildman–Crippen MR) is 125 cm³/mol. The summed E-state index contributed by atoms with van der Waals surface area (Å²) in [6.45, 7) is 3.76. The molecule has 1 aliphatic rings. The van der Waals surface area contributed by atoms with E-state index in [1.54, 1.807) is 34.9 Å². The lowest BCUT2D eigenvalue weighted by molar-refractivity contribution is -0.137. The quantitative estimate of drug-likeness (QED) is 0.459. The van der Waals surface area contributed by atoms with Crippen LogP contribution in [-0.2, 0) is 19.6 Å². The lowest BCUT2D eigenvalue weighted by Crippen LogP contribution is -2.51. The van der Waals surface area contributed by atoms with Crippen molar-refractivity contribution in [2.45, 2.75) is 56.4 Å². The molecule has 1 atom stereocenters. The highest BCUT2D eigenvalue weighted by Crippen LogP contribution is 2.20. The molecular formula is C22H35N3O4S2. The van der Waals surface area contributed by atoms with E-state index in [0.717, 1.165) is 19.3 Å². The fourth-order valence-electron chi connectivity index (χ4n) is 3.64. The van der Waals surface area contributed by atoms with Crippen molar-refractivity contribution in [2.24, 2.45) is 5.92 Å². The second kappa shape index (κ2) is 13.1. The molecule has 0 spiro atoms. The second-order valence-electron chi connectivity index (χ2n) is 7.87. The fourth-order valence-corrected chi connectivity index (χ4v) is 5.35. The van der Waals surface area contributed by atoms with Crippen LogP contribution in [0.4, 0.5) is 0 Å². The Morgan fingerprint density at radius 2 is 1.84 bits per heavy atom. The number of rotatable bonds is 12. The number of nitrogens with one attached hydrogen (secondary N) is 2. The van der Waals surface area contributed by atoms with Gasteiger partial charge in [0, 0.05) is 25.6 Å². The van der Waals surface area contributed by atoms with Gasteiger partial charge in [-0.3, -0.25) is 9.59 Å². The van der Waals surface area contributed by atoms with Crippen LogP contribution in [-0.4, -0.2) is 62.8 Å². The van der Waals surface area contributed by atoms with Crippen LogP contribution in [0, 0.1) is 5.92 Å². The molecule has 2 rings (SSSR count). The first-order valence-electron chi connectivity index (χ1n) is 11.0. The van der Waals surface area contributed by atoms with Crippen LogP contribution >= 0.6 is 11.8 Å². The van der Waals surface area contributed by atoms with E-state index in [1.807, 2.05) is 6.26 Å². The Morgan fingerprint density at radius 1 is 1.16 bits per heavy atom. The number of piperidine rings is 1. The van der Waals surface area contributed by atoms with Gasteiger partial charge in [-0.2, -0.15) is 16.5 Å². The molecule has 2 amide bonds. The van der Waals surface area contributed by atoms with Crippen molar-refractivity contribution in [1.82, 2.24) is 14.9 Å². The first kappa shape index (κ1) is 25.7. The summed E-state index contributed by atoms with van der Waals surface area (Å²) in [4.78, 5) is 27.3. The summed E-state index contributed by atoms with van der Waals surface area (Å²) in [5, 5.41) is 2.99. The van der Waals surface area contributed by atoms with Crippen molar-refractivity contribution in [1.29, 1.82) is 0 Å². The summed E-state index contributed by atoms with van der Waals surface area (Å²) in [5.41, 5.74) is 0. The third kappa shape index (κ3) is 8.12. The van der Waals surface area contributed by atoms with Crippen LogP contribution in [0.25, 0.3) is 0 Å². The summed E-state index contributed by atoms with van der Waals surface area (Å²) in [5.74, 6) is 0.434. The second-order valence-corrected chi connectivity index (χ2v) is 10.6. The van der Waals surface area contributed by atoms with Crippen molar-refractivity contribution in [3.63, 3.8) is 0 Å². The number of thioether (sulfide) groups is 1. The lowest BCUT2D eigenvalue weighted by Gasteiger charge is -2.34. The summed E-state index contributed by atoms with van der Waals surface area (Å²) in [6.07, 6.45) is 6.75. The molecule has 174 valence electrons. The minimum absolute atomic E-state index is 0.0620. The zero-order valence-electron chi connectivity index (χ0n) is 18.5. The normalized spacial score (nSPS) is 16.1. The van der Waals surface area contributed by atoms with E-state index < -0.39 is 16.1 Å². The van der Waals surface area contributed by atoms with Crippen LogP contribution < -0.4 is 10.0 Å². The summed E-state index contributed by atoms with van der Waals surface area (Å²) >= 11 is 1.57. The number of hydrogen-bond acceptors (Lipinski definition) is 5. The third-order valence-electron chi connectivity index (χ3n) is 5.52. The van der Waals surface area contributed by atoms with Crippen molar-refractivity contribution in [3.8, 4) is 0 Å². The zero-order valence-corrected chi connectivity index (χ0v) is 20.1. The van der Waals surface area contributed by atoms with Gasteiger partial charge >= 0.3 is 0 Å². The van der Waals surface area contributed by atoms with Gasteiger partial charge in [0.1, 0.15) is 6.04 Å². The minimum atomic E-state index is -3.78. The number of sulfonamides is 1. The molecule has 2 N–H and O–H groups in total. The number of unbranched alkanes of at least 4 members (excludes halogenated alkanes) is 2. The van der Waals surface area contributed by atoms with Gasteiger partial charge in [0.15, 0.2) is 0 Å². The van der Waals surface area contributed by atoms with Gasteiger partial charge < -0.3 is 10.2 Å². The first-order chi connectivity index (χ1) is 14.9. The number of carbonyl (C=O) groups is 2. The molecule has 1 saturated heterocycles. The molecular weight excluding hydrogens is 434 g/mol. The number of amides is 2. The maximum absolute atomic E-state index is 13.1. The van der Waals surface area contributed by atoms with Crippen LogP contribution in [0.5, 0.6) is 0 Å². The minimum Gasteiger partial charge on any atom is -0.356 e. The van der Waals surface area contributed by atoms with Crippen molar-refractivity contribution in [2.75, 3.05) is 31.6 Å². The Morgan fingerprint density at radius 3 is 2.45 bits per heavy atom. The van der Waals surface area contributed by atoms with E-state index in [1.165, 1.54) is 12.1 Å². The highest BCUT2D eigenvalue weighted by Gasteiger charge is 2.32. The summed E-state index contributed by atoms with van der Waals surface area (Å²) in [7, 11) is -3.78. The van der Waals surface area contributed by atoms with Crippen LogP contribution in [0.3, 0.4) is 0 Å². The number of carbonyl (C=O) groups excluding carboxylic acids is 2. The summed E-state index contributed by atoms with van der Waals surface area (Å²) in [6, 6.07) is 7.29. The smallest absolute Gasteiger partial charge is 0.241 e. The molecule has 0 saturated carbocycles. The molecule has 1 aromatic rings. The van der Waals surface area contributed by atoms with E-state index >= 15 is 0 Å². The van der Waals surface area contributed by atoms with Crippen molar-refractivity contribution >= 4 is 33.6 Å². The van der Waals surface area contributed by atoms with E-state index in [2.05, 4.69) is 17.0 Å². The Bertz CT molecular complexity index is 794. The first-order valence-corrected chi connectivity index (χ1v) is 13.9. The Kier molecular flexibility index (Phi) is 10.8. The molecule has 0 bridgehead atoms. The van der Waals surface area contributed by atoms with E-state index in [9.17, 15) is 18.0 Å². The maximum Gasteiger partial charge on any atom is 0.241 e. The van der Waals surface area contributed by atoms with E-state index in [4.69, 9.17) is 0 Å². The molecule has 0 aliphatic carbocycles. The van der Waals surface area contributed by atoms with Gasteiger partial charge in [-0.15, -0.1) is 0 Å². The molecule has 1 aromatic carbocycles. The molecule has 1 unspecified atom stereocenters. The van der Waals surface area contributed by atoms with Crippen LogP contribution in [0.1, 0.15) is 45.4 Å². The molecule has 1 aliphatic heterocycles. The number of benzene rings is 1. The predicted octanol–water partition coefficient (Wildman–Crippen LogP) is 2.63. The molecule has 0 radical (unpaired) electrons. The molecule has 9 heteroatoms. The average molecular weight is 470 g/mol. The van der Waals surface area contributed by atoms with Crippen molar-refractivity contribution < 1.29 is 18.0 Å². The molecule has 31 heavy (non-hydrogen) atoms. The largest absolute Gasteiger partial charge is 0.356 e. The van der Waals surface area contributed by atoms with E-state index in [0.29, 0.717) is 44.6 Å². The van der Waals surface area contributed by atoms with Gasteiger partial charge in [-0.25, -0.2) is 8.42 Å². The zero-order chi connectivity index (χ0) is 22.7. The van der Waals surface area contributed by atoms with Crippen molar-refractivity contribution in [3.05, 3.63) is 30.3 Å². The van der Waals surface area contributed by atoms with Gasteiger partial charge in [0.05, 0.1) is 4.90 Å². The van der Waals surface area contributed by atoms with Gasteiger partial charge in [-0.05, 0) is 49.8 Å². The highest BCUT2D eigenvalue weighted by molar-refractivity contribution is 7.98. The average Bonchev–Trinajstić information content (AvgIpc) is 2.79. The molecule has 7 nitrogen and oxygen atoms in total. The molecule has 0 aromatic heterocycles. The number of nitrogens with zero attached hydrogens (tertiary/aromatic N) is 1. The standard InChI is InChI=1S/C22H35N3O4S2/c1-3-4-8-14-23-21(26)18-11-15-25(16-12-18)22(27)20(13-17-30-2)24-31(28,29)19-9-6-5-7-10-19/h5-7,9-10,18,20,24H,3-4,8,11-17H2,1-2H3,(H,23,26). The number of hydrogen-bond donors (Lipinski definition) is 2. The number of likely N-dealkylation sites (tertiary alicyclic amines) is 1. The monoisotopic (exact) mass is 469 g/mol. The molecule has 1 heterocycles. The van der Waals surface area contributed by atoms with Crippen LogP contribution in [0.15, 0.2) is 35.2 Å². The highest BCUT2D eigenvalue weighted by atomic mass is 32.2. The topological polar surface area (TPSA) is 95.6 Å². The lowest BCUT2D eigenvalue weighted by atomic mass is 9.95.